The molecule has 0 saturated carbocycles. The second-order valence-corrected chi connectivity index (χ2v) is 4.88. The van der Waals surface area contributed by atoms with Gasteiger partial charge in [0.25, 0.3) is 0 Å². The van der Waals surface area contributed by atoms with Crippen molar-refractivity contribution >= 4 is 5.69 Å². The monoisotopic (exact) mass is 249 g/mol. The molecule has 1 saturated heterocycles. The molecule has 0 radical (unpaired) electrons. The maximum Gasteiger partial charge on any atom is 0.0781 e. The molecule has 0 spiro atoms. The molecule has 1 aliphatic heterocycles. The molecule has 1 aliphatic rings. The van der Waals surface area contributed by atoms with E-state index >= 15 is 0 Å². The van der Waals surface area contributed by atoms with Crippen molar-refractivity contribution in [2.45, 2.75) is 38.9 Å². The van der Waals surface area contributed by atoms with Gasteiger partial charge in [-0.2, -0.15) is 0 Å². The lowest BCUT2D eigenvalue weighted by Gasteiger charge is -2.35. The molecule has 1 aromatic rings. The Morgan fingerprint density at radius 1 is 1.33 bits per heavy atom. The smallest absolute Gasteiger partial charge is 0.0781 e. The van der Waals surface area contributed by atoms with Gasteiger partial charge in [-0.05, 0) is 32.8 Å². The van der Waals surface area contributed by atoms with Gasteiger partial charge in [0.1, 0.15) is 0 Å². The second kappa shape index (κ2) is 6.21. The van der Waals surface area contributed by atoms with Crippen LogP contribution in [0.3, 0.4) is 0 Å². The number of benzene rings is 1. The van der Waals surface area contributed by atoms with E-state index in [9.17, 15) is 5.11 Å². The van der Waals surface area contributed by atoms with Gasteiger partial charge in [-0.15, -0.1) is 0 Å². The molecule has 0 aromatic heterocycles. The van der Waals surface area contributed by atoms with E-state index in [4.69, 9.17) is 4.74 Å². The van der Waals surface area contributed by atoms with E-state index in [2.05, 4.69) is 17.9 Å². The highest BCUT2D eigenvalue weighted by molar-refractivity contribution is 5.54. The van der Waals surface area contributed by atoms with Crippen molar-refractivity contribution in [3.63, 3.8) is 0 Å². The SMILES string of the molecule is CCOC1CCN(c2ccccc2C(C)O)CC1. The van der Waals surface area contributed by atoms with E-state index in [1.165, 1.54) is 5.69 Å². The Morgan fingerprint density at radius 3 is 2.61 bits per heavy atom. The zero-order valence-electron chi connectivity index (χ0n) is 11.3. The van der Waals surface area contributed by atoms with Crippen molar-refractivity contribution in [2.24, 2.45) is 0 Å². The van der Waals surface area contributed by atoms with Crippen LogP contribution < -0.4 is 4.90 Å². The Labute approximate surface area is 109 Å². The summed E-state index contributed by atoms with van der Waals surface area (Å²) >= 11 is 0. The van der Waals surface area contributed by atoms with Crippen LogP contribution in [0.1, 0.15) is 38.4 Å². The van der Waals surface area contributed by atoms with E-state index in [0.717, 1.165) is 38.1 Å². The standard InChI is InChI=1S/C15H23NO2/c1-3-18-13-8-10-16(11-9-13)15-7-5-4-6-14(15)12(2)17/h4-7,12-13,17H,3,8-11H2,1-2H3. The van der Waals surface area contributed by atoms with Gasteiger partial charge in [-0.3, -0.25) is 0 Å². The van der Waals surface area contributed by atoms with Crippen LogP contribution in [0.5, 0.6) is 0 Å². The quantitative estimate of drug-likeness (QED) is 0.890. The number of ether oxygens (including phenoxy) is 1. The van der Waals surface area contributed by atoms with Gasteiger partial charge in [0.05, 0.1) is 12.2 Å². The van der Waals surface area contributed by atoms with Gasteiger partial charge in [0, 0.05) is 30.9 Å². The maximum absolute atomic E-state index is 9.82. The minimum atomic E-state index is -0.411. The van der Waals surface area contributed by atoms with Crippen LogP contribution in [0.2, 0.25) is 0 Å². The van der Waals surface area contributed by atoms with Gasteiger partial charge in [0.2, 0.25) is 0 Å². The molecular weight excluding hydrogens is 226 g/mol. The number of rotatable bonds is 4. The molecule has 100 valence electrons. The molecule has 1 heterocycles. The van der Waals surface area contributed by atoms with E-state index in [1.54, 1.807) is 0 Å². The summed E-state index contributed by atoms with van der Waals surface area (Å²) < 4.78 is 5.67. The van der Waals surface area contributed by atoms with Crippen molar-refractivity contribution in [3.8, 4) is 0 Å². The van der Waals surface area contributed by atoms with Crippen LogP contribution in [0, 0.1) is 0 Å². The number of aliphatic hydroxyl groups is 1. The lowest BCUT2D eigenvalue weighted by atomic mass is 10.0. The Kier molecular flexibility index (Phi) is 4.61. The fraction of sp³-hybridized carbons (Fsp3) is 0.600. The topological polar surface area (TPSA) is 32.7 Å². The molecular formula is C15H23NO2. The molecule has 3 nitrogen and oxygen atoms in total. The zero-order valence-corrected chi connectivity index (χ0v) is 11.3. The predicted octanol–water partition coefficient (Wildman–Crippen LogP) is 2.75. The Morgan fingerprint density at radius 2 is 2.00 bits per heavy atom. The van der Waals surface area contributed by atoms with Gasteiger partial charge in [-0.1, -0.05) is 18.2 Å². The van der Waals surface area contributed by atoms with Crippen LogP contribution in [-0.4, -0.2) is 30.9 Å². The average molecular weight is 249 g/mol. The molecule has 1 unspecified atom stereocenters. The molecule has 0 bridgehead atoms. The summed E-state index contributed by atoms with van der Waals surface area (Å²) in [6.07, 6.45) is 2.14. The maximum atomic E-state index is 9.82. The van der Waals surface area contributed by atoms with E-state index in [0.29, 0.717) is 6.10 Å². The average Bonchev–Trinajstić information content (AvgIpc) is 2.40. The van der Waals surface area contributed by atoms with Gasteiger partial charge < -0.3 is 14.7 Å². The van der Waals surface area contributed by atoms with Gasteiger partial charge in [0.15, 0.2) is 0 Å². The highest BCUT2D eigenvalue weighted by atomic mass is 16.5. The number of anilines is 1. The minimum absolute atomic E-state index is 0.407. The number of piperidine rings is 1. The van der Waals surface area contributed by atoms with Crippen molar-refractivity contribution in [1.82, 2.24) is 0 Å². The third kappa shape index (κ3) is 3.03. The number of hydrogen-bond donors (Lipinski definition) is 1. The minimum Gasteiger partial charge on any atom is -0.389 e. The molecule has 1 fully saturated rings. The highest BCUT2D eigenvalue weighted by Gasteiger charge is 2.21. The first-order chi connectivity index (χ1) is 8.72. The largest absolute Gasteiger partial charge is 0.389 e. The van der Waals surface area contributed by atoms with Crippen LogP contribution in [-0.2, 0) is 4.74 Å². The summed E-state index contributed by atoms with van der Waals surface area (Å²) in [5.74, 6) is 0. The van der Waals surface area contributed by atoms with Crippen LogP contribution in [0.4, 0.5) is 5.69 Å². The summed E-state index contributed by atoms with van der Waals surface area (Å²) in [5.41, 5.74) is 2.19. The number of hydrogen-bond acceptors (Lipinski definition) is 3. The van der Waals surface area contributed by atoms with E-state index in [1.807, 2.05) is 25.1 Å². The summed E-state index contributed by atoms with van der Waals surface area (Å²) in [5, 5.41) is 9.82. The van der Waals surface area contributed by atoms with E-state index in [-0.39, 0.29) is 0 Å². The van der Waals surface area contributed by atoms with Crippen LogP contribution in [0.15, 0.2) is 24.3 Å². The zero-order chi connectivity index (χ0) is 13.0. The summed E-state index contributed by atoms with van der Waals surface area (Å²) in [6.45, 7) is 6.69. The highest BCUT2D eigenvalue weighted by Crippen LogP contribution is 2.28. The molecule has 0 amide bonds. The first-order valence-corrected chi connectivity index (χ1v) is 6.86. The molecule has 1 atom stereocenters. The van der Waals surface area contributed by atoms with Crippen LogP contribution >= 0.6 is 0 Å². The lowest BCUT2D eigenvalue weighted by Crippen LogP contribution is -2.37. The first-order valence-electron chi connectivity index (χ1n) is 6.86. The van der Waals surface area contributed by atoms with Crippen molar-refractivity contribution < 1.29 is 9.84 Å². The molecule has 3 heteroatoms. The summed E-state index contributed by atoms with van der Waals surface area (Å²) in [7, 11) is 0. The fourth-order valence-corrected chi connectivity index (χ4v) is 2.63. The van der Waals surface area contributed by atoms with Crippen LogP contribution in [0.25, 0.3) is 0 Å². The molecule has 2 rings (SSSR count). The summed E-state index contributed by atoms with van der Waals surface area (Å²) in [4.78, 5) is 2.36. The number of para-hydroxylation sites is 1. The summed E-state index contributed by atoms with van der Waals surface area (Å²) in [6, 6.07) is 8.13. The molecule has 18 heavy (non-hydrogen) atoms. The Balaban J connectivity index is 2.05. The number of nitrogens with zero attached hydrogens (tertiary/aromatic N) is 1. The fourth-order valence-electron chi connectivity index (χ4n) is 2.63. The first kappa shape index (κ1) is 13.4. The van der Waals surface area contributed by atoms with Crippen molar-refractivity contribution in [2.75, 3.05) is 24.6 Å². The van der Waals surface area contributed by atoms with Gasteiger partial charge >= 0.3 is 0 Å². The van der Waals surface area contributed by atoms with Gasteiger partial charge in [-0.25, -0.2) is 0 Å². The molecule has 0 aliphatic carbocycles. The Hall–Kier alpha value is -1.06. The third-order valence-electron chi connectivity index (χ3n) is 3.57. The Bertz CT molecular complexity index is 371. The van der Waals surface area contributed by atoms with Crippen molar-refractivity contribution in [3.05, 3.63) is 29.8 Å². The number of aliphatic hydroxyl groups excluding tert-OH is 1. The lowest BCUT2D eigenvalue weighted by molar-refractivity contribution is 0.0458. The second-order valence-electron chi connectivity index (χ2n) is 4.88. The normalized spacial score (nSPS) is 18.9. The third-order valence-corrected chi connectivity index (χ3v) is 3.57. The van der Waals surface area contributed by atoms with Crippen molar-refractivity contribution in [1.29, 1.82) is 0 Å². The predicted molar refractivity (Wildman–Crippen MR) is 73.9 cm³/mol. The molecule has 1 N–H and O–H groups in total. The van der Waals surface area contributed by atoms with E-state index < -0.39 is 6.10 Å². The molecule has 1 aromatic carbocycles.